The molecule has 0 bridgehead atoms. The summed E-state index contributed by atoms with van der Waals surface area (Å²) in [5.41, 5.74) is 8.04. The third kappa shape index (κ3) is 2.80. The maximum absolute atomic E-state index is 6.09. The van der Waals surface area contributed by atoms with Crippen LogP contribution in [0.25, 0.3) is 0 Å². The van der Waals surface area contributed by atoms with Gasteiger partial charge in [0.15, 0.2) is 0 Å². The van der Waals surface area contributed by atoms with Crippen LogP contribution in [0.1, 0.15) is 13.3 Å². The second kappa shape index (κ2) is 5.54. The molecule has 0 saturated carbocycles. The Bertz CT molecular complexity index is 384. The highest BCUT2D eigenvalue weighted by molar-refractivity contribution is 8.00. The largest absolute Gasteiger partial charge is 0.497 e. The molecule has 1 atom stereocenters. The van der Waals surface area contributed by atoms with Gasteiger partial charge in [-0.05, 0) is 18.6 Å². The first-order chi connectivity index (χ1) is 8.24. The summed E-state index contributed by atoms with van der Waals surface area (Å²) in [6.45, 7) is 4.42. The third-order valence-corrected chi connectivity index (χ3v) is 4.54. The Morgan fingerprint density at radius 3 is 3.00 bits per heavy atom. The molecule has 3 nitrogen and oxygen atoms in total. The number of anilines is 2. The highest BCUT2D eigenvalue weighted by Gasteiger charge is 2.20. The molecule has 1 fully saturated rings. The first-order valence-corrected chi connectivity index (χ1v) is 7.09. The van der Waals surface area contributed by atoms with Crippen molar-refractivity contribution >= 4 is 23.1 Å². The van der Waals surface area contributed by atoms with E-state index < -0.39 is 0 Å². The van der Waals surface area contributed by atoms with Gasteiger partial charge in [0.05, 0.1) is 18.5 Å². The fourth-order valence-corrected chi connectivity index (χ4v) is 3.31. The van der Waals surface area contributed by atoms with E-state index in [0.29, 0.717) is 0 Å². The van der Waals surface area contributed by atoms with Crippen LogP contribution in [0.3, 0.4) is 0 Å². The Morgan fingerprint density at radius 2 is 2.35 bits per heavy atom. The first kappa shape index (κ1) is 12.4. The number of rotatable bonds is 3. The maximum atomic E-state index is 6.09. The standard InChI is InChI=1S/C13H20N2OS/c1-3-11-9-15(6-7-17-11)13-5-4-10(16-2)8-12(13)14/h4-5,8,11H,3,6-7,9,14H2,1-2H3. The average molecular weight is 252 g/mol. The first-order valence-electron chi connectivity index (χ1n) is 6.04. The Morgan fingerprint density at radius 1 is 1.53 bits per heavy atom. The molecular weight excluding hydrogens is 232 g/mol. The van der Waals surface area contributed by atoms with Crippen LogP contribution in [-0.2, 0) is 0 Å². The number of nitrogen functional groups attached to an aromatic ring is 1. The summed E-state index contributed by atoms with van der Waals surface area (Å²) in [6.07, 6.45) is 1.22. The van der Waals surface area contributed by atoms with Crippen LogP contribution in [0, 0.1) is 0 Å². The van der Waals surface area contributed by atoms with Crippen molar-refractivity contribution in [3.05, 3.63) is 18.2 Å². The van der Waals surface area contributed by atoms with Crippen molar-refractivity contribution in [1.29, 1.82) is 0 Å². The van der Waals surface area contributed by atoms with Crippen LogP contribution in [0.4, 0.5) is 11.4 Å². The van der Waals surface area contributed by atoms with Crippen LogP contribution in [0.2, 0.25) is 0 Å². The molecule has 1 aliphatic rings. The van der Waals surface area contributed by atoms with Gasteiger partial charge in [0.2, 0.25) is 0 Å². The predicted octanol–water partition coefficient (Wildman–Crippen LogP) is 2.61. The molecule has 1 aromatic rings. The van der Waals surface area contributed by atoms with Crippen LogP contribution in [-0.4, -0.2) is 31.2 Å². The number of nitrogens with two attached hydrogens (primary N) is 1. The van der Waals surface area contributed by atoms with E-state index in [1.807, 2.05) is 12.1 Å². The summed E-state index contributed by atoms with van der Waals surface area (Å²) < 4.78 is 5.18. The summed E-state index contributed by atoms with van der Waals surface area (Å²) in [6, 6.07) is 5.95. The van der Waals surface area contributed by atoms with Crippen molar-refractivity contribution in [2.45, 2.75) is 18.6 Å². The van der Waals surface area contributed by atoms with Crippen LogP contribution >= 0.6 is 11.8 Å². The van der Waals surface area contributed by atoms with Gasteiger partial charge in [0.1, 0.15) is 5.75 Å². The molecule has 17 heavy (non-hydrogen) atoms. The smallest absolute Gasteiger partial charge is 0.121 e. The van der Waals surface area contributed by atoms with Crippen LogP contribution in [0.15, 0.2) is 18.2 Å². The zero-order chi connectivity index (χ0) is 12.3. The number of hydrogen-bond donors (Lipinski definition) is 1. The molecule has 0 spiro atoms. The van der Waals surface area contributed by atoms with E-state index in [0.717, 1.165) is 35.5 Å². The topological polar surface area (TPSA) is 38.5 Å². The highest BCUT2D eigenvalue weighted by Crippen LogP contribution is 2.31. The summed E-state index contributed by atoms with van der Waals surface area (Å²) >= 11 is 2.07. The fourth-order valence-electron chi connectivity index (χ4n) is 2.13. The predicted molar refractivity (Wildman–Crippen MR) is 76.2 cm³/mol. The number of nitrogens with zero attached hydrogens (tertiary/aromatic N) is 1. The normalized spacial score (nSPS) is 20.4. The summed E-state index contributed by atoms with van der Waals surface area (Å²) in [5.74, 6) is 2.01. The molecule has 4 heteroatoms. The van der Waals surface area contributed by atoms with Gasteiger partial charge in [-0.15, -0.1) is 0 Å². The second-order valence-electron chi connectivity index (χ2n) is 4.27. The molecule has 0 aromatic heterocycles. The monoisotopic (exact) mass is 252 g/mol. The minimum Gasteiger partial charge on any atom is -0.497 e. The van der Waals surface area contributed by atoms with Gasteiger partial charge in [-0.3, -0.25) is 0 Å². The summed E-state index contributed by atoms with van der Waals surface area (Å²) in [4.78, 5) is 2.39. The third-order valence-electron chi connectivity index (χ3n) is 3.17. The molecule has 94 valence electrons. The lowest BCUT2D eigenvalue weighted by Gasteiger charge is -2.34. The fraction of sp³-hybridized carbons (Fsp3) is 0.538. The van der Waals surface area contributed by atoms with Gasteiger partial charge in [-0.2, -0.15) is 11.8 Å². The van der Waals surface area contributed by atoms with Gasteiger partial charge < -0.3 is 15.4 Å². The molecule has 0 radical (unpaired) electrons. The zero-order valence-electron chi connectivity index (χ0n) is 10.5. The molecule has 1 aliphatic heterocycles. The van der Waals surface area contributed by atoms with Crippen molar-refractivity contribution in [1.82, 2.24) is 0 Å². The van der Waals surface area contributed by atoms with E-state index in [2.05, 4.69) is 29.7 Å². The van der Waals surface area contributed by atoms with E-state index in [-0.39, 0.29) is 0 Å². The molecule has 1 saturated heterocycles. The van der Waals surface area contributed by atoms with Gasteiger partial charge in [0, 0.05) is 30.2 Å². The number of benzene rings is 1. The summed E-state index contributed by atoms with van der Waals surface area (Å²) in [5, 5.41) is 0.727. The van der Waals surface area contributed by atoms with Gasteiger partial charge >= 0.3 is 0 Å². The molecular formula is C13H20N2OS. The van der Waals surface area contributed by atoms with Crippen LogP contribution in [0.5, 0.6) is 5.75 Å². The lowest BCUT2D eigenvalue weighted by Crippen LogP contribution is -2.37. The lowest BCUT2D eigenvalue weighted by atomic mass is 10.2. The van der Waals surface area contributed by atoms with E-state index in [1.54, 1.807) is 7.11 Å². The van der Waals surface area contributed by atoms with Crippen molar-refractivity contribution in [3.63, 3.8) is 0 Å². The van der Waals surface area contributed by atoms with Gasteiger partial charge in [0.25, 0.3) is 0 Å². The molecule has 1 unspecified atom stereocenters. The van der Waals surface area contributed by atoms with Gasteiger partial charge in [-0.25, -0.2) is 0 Å². The van der Waals surface area contributed by atoms with E-state index >= 15 is 0 Å². The number of ether oxygens (including phenoxy) is 1. The maximum Gasteiger partial charge on any atom is 0.121 e. The van der Waals surface area contributed by atoms with Gasteiger partial charge in [-0.1, -0.05) is 6.92 Å². The van der Waals surface area contributed by atoms with Crippen LogP contribution < -0.4 is 15.4 Å². The van der Waals surface area contributed by atoms with E-state index in [1.165, 1.54) is 12.2 Å². The van der Waals surface area contributed by atoms with Crippen molar-refractivity contribution in [2.24, 2.45) is 0 Å². The Balaban J connectivity index is 2.16. The van der Waals surface area contributed by atoms with E-state index in [4.69, 9.17) is 10.5 Å². The van der Waals surface area contributed by atoms with Crippen molar-refractivity contribution < 1.29 is 4.74 Å². The minimum atomic E-state index is 0.727. The second-order valence-corrected chi connectivity index (χ2v) is 5.68. The zero-order valence-corrected chi connectivity index (χ0v) is 11.3. The molecule has 0 aliphatic carbocycles. The number of methoxy groups -OCH3 is 1. The summed E-state index contributed by atoms with van der Waals surface area (Å²) in [7, 11) is 1.67. The van der Waals surface area contributed by atoms with Crippen molar-refractivity contribution in [2.75, 3.05) is 36.6 Å². The average Bonchev–Trinajstić information content (AvgIpc) is 2.38. The van der Waals surface area contributed by atoms with E-state index in [9.17, 15) is 0 Å². The Hall–Kier alpha value is -1.03. The Kier molecular flexibility index (Phi) is 4.05. The molecule has 2 rings (SSSR count). The molecule has 1 aromatic carbocycles. The molecule has 1 heterocycles. The quantitative estimate of drug-likeness (QED) is 0.839. The molecule has 2 N–H and O–H groups in total. The highest BCUT2D eigenvalue weighted by atomic mass is 32.2. The lowest BCUT2D eigenvalue weighted by molar-refractivity contribution is 0.415. The number of thioether (sulfide) groups is 1. The molecule has 0 amide bonds. The number of hydrogen-bond acceptors (Lipinski definition) is 4. The SMILES string of the molecule is CCC1CN(c2ccc(OC)cc2N)CCS1. The van der Waals surface area contributed by atoms with Crippen molar-refractivity contribution in [3.8, 4) is 5.75 Å². The minimum absolute atomic E-state index is 0.727. The Labute approximate surface area is 107 Å².